The highest BCUT2D eigenvalue weighted by molar-refractivity contribution is 5.37. The van der Waals surface area contributed by atoms with Crippen molar-refractivity contribution >= 4 is 0 Å². The summed E-state index contributed by atoms with van der Waals surface area (Å²) in [5.74, 6) is 6.69. The van der Waals surface area contributed by atoms with Crippen molar-refractivity contribution in [3.05, 3.63) is 0 Å². The molecule has 1 nitrogen and oxygen atoms in total. The van der Waals surface area contributed by atoms with Crippen LogP contribution >= 0.6 is 0 Å². The molecule has 7 aliphatic rings. The Kier molecular flexibility index (Phi) is 2.20. The first kappa shape index (κ1) is 14.2. The first-order valence-corrected chi connectivity index (χ1v) is 10.5. The molecule has 128 valence electrons. The van der Waals surface area contributed by atoms with Crippen molar-refractivity contribution < 1.29 is 4.74 Å². The lowest BCUT2D eigenvalue weighted by atomic mass is 9.63. The molecule has 7 fully saturated rings. The normalized spacial score (nSPS) is 64.8. The standard InChI is InChI=1S/C22H34O/c1-6-20(5,21-9-13-7-15(21)8-14(13)10-21)23-22-16-11-19(3,4)18(22)17(22)12(16)2/h12-18H,6-11H2,1-5H3. The molecule has 0 N–H and O–H groups in total. The molecule has 0 amide bonds. The third kappa shape index (κ3) is 1.21. The van der Waals surface area contributed by atoms with Crippen LogP contribution in [0.25, 0.3) is 0 Å². The predicted molar refractivity (Wildman–Crippen MR) is 91.9 cm³/mol. The molecule has 8 atom stereocenters. The van der Waals surface area contributed by atoms with Crippen LogP contribution in [-0.2, 0) is 4.74 Å². The number of ether oxygens (including phenoxy) is 1. The summed E-state index contributed by atoms with van der Waals surface area (Å²) < 4.78 is 7.38. The number of hydrogen-bond donors (Lipinski definition) is 0. The summed E-state index contributed by atoms with van der Waals surface area (Å²) in [6.07, 6.45) is 8.72. The predicted octanol–water partition coefficient (Wildman–Crippen LogP) is 5.29. The molecule has 23 heavy (non-hydrogen) atoms. The second kappa shape index (κ2) is 3.57. The van der Waals surface area contributed by atoms with Gasteiger partial charge in [-0.3, -0.25) is 0 Å². The topological polar surface area (TPSA) is 9.23 Å². The summed E-state index contributed by atoms with van der Waals surface area (Å²) in [5.41, 5.74) is 1.56. The quantitative estimate of drug-likeness (QED) is 0.685. The zero-order chi connectivity index (χ0) is 16.0. The van der Waals surface area contributed by atoms with Crippen LogP contribution in [-0.4, -0.2) is 11.2 Å². The van der Waals surface area contributed by atoms with E-state index in [1.165, 1.54) is 38.5 Å². The van der Waals surface area contributed by atoms with Gasteiger partial charge in [0, 0.05) is 5.41 Å². The van der Waals surface area contributed by atoms with E-state index in [2.05, 4.69) is 34.6 Å². The minimum atomic E-state index is 0.156. The lowest BCUT2D eigenvalue weighted by Crippen LogP contribution is -2.55. The molecular weight excluding hydrogens is 280 g/mol. The van der Waals surface area contributed by atoms with Crippen molar-refractivity contribution in [1.29, 1.82) is 0 Å². The average molecular weight is 315 g/mol. The fourth-order valence-electron chi connectivity index (χ4n) is 9.78. The SMILES string of the molecule is CCC(C)(OC12C3CC(C)(C)C1C2C3C)C12CC3CC1CC3C2. The summed E-state index contributed by atoms with van der Waals surface area (Å²) in [7, 11) is 0. The molecule has 7 saturated carbocycles. The van der Waals surface area contributed by atoms with Gasteiger partial charge in [0.15, 0.2) is 0 Å². The zero-order valence-corrected chi connectivity index (χ0v) is 15.7. The largest absolute Gasteiger partial charge is 0.367 e. The maximum Gasteiger partial charge on any atom is 0.0792 e. The molecular formula is C22H34O. The van der Waals surface area contributed by atoms with Gasteiger partial charge in [-0.15, -0.1) is 0 Å². The van der Waals surface area contributed by atoms with Crippen molar-refractivity contribution in [3.63, 3.8) is 0 Å². The van der Waals surface area contributed by atoms with Gasteiger partial charge in [0.1, 0.15) is 0 Å². The molecule has 7 rings (SSSR count). The van der Waals surface area contributed by atoms with E-state index < -0.39 is 0 Å². The molecule has 0 aromatic heterocycles. The molecule has 0 spiro atoms. The van der Waals surface area contributed by atoms with E-state index in [1.807, 2.05) is 0 Å². The minimum absolute atomic E-state index is 0.156. The van der Waals surface area contributed by atoms with Crippen LogP contribution in [0.5, 0.6) is 0 Å². The van der Waals surface area contributed by atoms with Gasteiger partial charge in [-0.05, 0) is 92.3 Å². The molecule has 4 bridgehead atoms. The van der Waals surface area contributed by atoms with Gasteiger partial charge in [-0.25, -0.2) is 0 Å². The lowest BCUT2D eigenvalue weighted by Gasteiger charge is -2.53. The lowest BCUT2D eigenvalue weighted by molar-refractivity contribution is -0.224. The Hall–Kier alpha value is -0.0400. The van der Waals surface area contributed by atoms with E-state index in [0.29, 0.717) is 16.4 Å². The Morgan fingerprint density at radius 2 is 1.74 bits per heavy atom. The summed E-state index contributed by atoms with van der Waals surface area (Å²) in [6, 6.07) is 0. The highest BCUT2D eigenvalue weighted by atomic mass is 16.5. The maximum atomic E-state index is 7.38. The van der Waals surface area contributed by atoms with Gasteiger partial charge >= 0.3 is 0 Å². The van der Waals surface area contributed by atoms with Crippen molar-refractivity contribution in [2.45, 2.75) is 84.3 Å². The smallest absolute Gasteiger partial charge is 0.0792 e. The molecule has 0 saturated heterocycles. The number of rotatable bonds is 4. The summed E-state index contributed by atoms with van der Waals surface area (Å²) >= 11 is 0. The van der Waals surface area contributed by atoms with E-state index in [-0.39, 0.29) is 5.60 Å². The van der Waals surface area contributed by atoms with Gasteiger partial charge in [-0.1, -0.05) is 27.7 Å². The molecule has 0 aromatic rings. The van der Waals surface area contributed by atoms with Gasteiger partial charge in [0.25, 0.3) is 0 Å². The Bertz CT molecular complexity index is 579. The number of hydrogen-bond acceptors (Lipinski definition) is 1. The van der Waals surface area contributed by atoms with E-state index in [4.69, 9.17) is 4.74 Å². The Balaban J connectivity index is 1.36. The molecule has 0 aromatic carbocycles. The summed E-state index contributed by atoms with van der Waals surface area (Å²) in [5, 5.41) is 0. The first-order valence-electron chi connectivity index (χ1n) is 10.5. The van der Waals surface area contributed by atoms with Crippen LogP contribution in [0.2, 0.25) is 0 Å². The molecule has 7 aliphatic carbocycles. The van der Waals surface area contributed by atoms with Gasteiger partial charge in [-0.2, -0.15) is 0 Å². The zero-order valence-electron chi connectivity index (χ0n) is 15.7. The molecule has 0 heterocycles. The van der Waals surface area contributed by atoms with E-state index >= 15 is 0 Å². The van der Waals surface area contributed by atoms with Crippen molar-refractivity contribution in [2.75, 3.05) is 0 Å². The monoisotopic (exact) mass is 314 g/mol. The van der Waals surface area contributed by atoms with Crippen molar-refractivity contribution in [2.24, 2.45) is 52.3 Å². The second-order valence-corrected chi connectivity index (χ2v) is 11.5. The van der Waals surface area contributed by atoms with Crippen molar-refractivity contribution in [3.8, 4) is 0 Å². The highest BCUT2D eigenvalue weighted by Gasteiger charge is 2.89. The Morgan fingerprint density at radius 1 is 1.09 bits per heavy atom. The summed E-state index contributed by atoms with van der Waals surface area (Å²) in [6.45, 7) is 12.5. The third-order valence-electron chi connectivity index (χ3n) is 10.6. The third-order valence-corrected chi connectivity index (χ3v) is 10.6. The van der Waals surface area contributed by atoms with Crippen LogP contribution < -0.4 is 0 Å². The molecule has 8 unspecified atom stereocenters. The molecule has 0 aliphatic heterocycles. The van der Waals surface area contributed by atoms with E-state index in [1.54, 1.807) is 0 Å². The fourth-order valence-corrected chi connectivity index (χ4v) is 9.78. The number of fused-ring (bicyclic) bond motifs is 1. The van der Waals surface area contributed by atoms with Crippen molar-refractivity contribution in [1.82, 2.24) is 0 Å². The van der Waals surface area contributed by atoms with Gasteiger partial charge < -0.3 is 4.74 Å². The van der Waals surface area contributed by atoms with E-state index in [9.17, 15) is 0 Å². The molecule has 0 radical (unpaired) electrons. The average Bonchev–Trinajstić information content (AvgIpc) is 3.02. The maximum absolute atomic E-state index is 7.38. The van der Waals surface area contributed by atoms with E-state index in [0.717, 1.165) is 41.4 Å². The Labute approximate surface area is 141 Å². The first-order chi connectivity index (χ1) is 10.8. The van der Waals surface area contributed by atoms with Crippen LogP contribution in [0.1, 0.15) is 73.1 Å². The minimum Gasteiger partial charge on any atom is -0.367 e. The Morgan fingerprint density at radius 3 is 2.17 bits per heavy atom. The van der Waals surface area contributed by atoms with Crippen LogP contribution in [0, 0.1) is 52.3 Å². The fraction of sp³-hybridized carbons (Fsp3) is 1.00. The molecule has 1 heteroatoms. The van der Waals surface area contributed by atoms with Gasteiger partial charge in [0.05, 0.1) is 11.2 Å². The van der Waals surface area contributed by atoms with Crippen LogP contribution in [0.3, 0.4) is 0 Å². The van der Waals surface area contributed by atoms with Gasteiger partial charge in [0.2, 0.25) is 0 Å². The van der Waals surface area contributed by atoms with Crippen LogP contribution in [0.15, 0.2) is 0 Å². The summed E-state index contributed by atoms with van der Waals surface area (Å²) in [4.78, 5) is 0. The highest BCUT2D eigenvalue weighted by Crippen LogP contribution is 2.86. The van der Waals surface area contributed by atoms with Crippen LogP contribution in [0.4, 0.5) is 0 Å². The second-order valence-electron chi connectivity index (χ2n) is 11.5.